The predicted molar refractivity (Wildman–Crippen MR) is 70.4 cm³/mol. The smallest absolute Gasteiger partial charge is 0.312 e. The van der Waals surface area contributed by atoms with E-state index in [4.69, 9.17) is 11.6 Å². The molecule has 2 aromatic rings. The zero-order valence-electron chi connectivity index (χ0n) is 9.88. The monoisotopic (exact) mass is 281 g/mol. The van der Waals surface area contributed by atoms with Gasteiger partial charge in [0.2, 0.25) is 5.82 Å². The van der Waals surface area contributed by atoms with Gasteiger partial charge < -0.3 is 4.90 Å². The topological polar surface area (TPSA) is 59.3 Å². The number of pyridine rings is 1. The van der Waals surface area contributed by atoms with E-state index >= 15 is 0 Å². The fourth-order valence-corrected chi connectivity index (χ4v) is 1.76. The van der Waals surface area contributed by atoms with Gasteiger partial charge in [0, 0.05) is 18.8 Å². The van der Waals surface area contributed by atoms with Gasteiger partial charge in [-0.05, 0) is 24.3 Å². The summed E-state index contributed by atoms with van der Waals surface area (Å²) < 4.78 is 13.2. The van der Waals surface area contributed by atoms with Gasteiger partial charge in [0.05, 0.1) is 4.92 Å². The zero-order valence-corrected chi connectivity index (χ0v) is 10.6. The third-order valence-corrected chi connectivity index (χ3v) is 2.74. The Labute approximate surface area is 113 Å². The lowest BCUT2D eigenvalue weighted by atomic mass is 10.2. The van der Waals surface area contributed by atoms with E-state index in [9.17, 15) is 14.5 Å². The second-order valence-electron chi connectivity index (χ2n) is 3.77. The molecule has 0 bridgehead atoms. The highest BCUT2D eigenvalue weighted by atomic mass is 35.5. The van der Waals surface area contributed by atoms with E-state index in [0.29, 0.717) is 5.69 Å². The molecular weight excluding hydrogens is 273 g/mol. The van der Waals surface area contributed by atoms with Crippen molar-refractivity contribution in [3.05, 3.63) is 57.5 Å². The number of halogens is 2. The van der Waals surface area contributed by atoms with Crippen molar-refractivity contribution in [3.63, 3.8) is 0 Å². The van der Waals surface area contributed by atoms with Gasteiger partial charge >= 0.3 is 5.69 Å². The highest BCUT2D eigenvalue weighted by molar-refractivity contribution is 6.29. The van der Waals surface area contributed by atoms with Crippen LogP contribution in [0, 0.1) is 15.9 Å². The molecule has 98 valence electrons. The Morgan fingerprint density at radius 3 is 2.74 bits per heavy atom. The molecule has 0 atom stereocenters. The van der Waals surface area contributed by atoms with Gasteiger partial charge in [0.25, 0.3) is 0 Å². The van der Waals surface area contributed by atoms with Crippen LogP contribution in [0.1, 0.15) is 0 Å². The Balaban J connectivity index is 2.51. The first-order valence-corrected chi connectivity index (χ1v) is 5.67. The van der Waals surface area contributed by atoms with Crippen molar-refractivity contribution in [3.8, 4) is 0 Å². The van der Waals surface area contributed by atoms with Crippen molar-refractivity contribution in [1.82, 2.24) is 4.98 Å². The largest absolute Gasteiger partial charge is 0.324 e. The van der Waals surface area contributed by atoms with Crippen LogP contribution in [0.5, 0.6) is 0 Å². The minimum atomic E-state index is -0.561. The molecule has 0 amide bonds. The number of anilines is 2. The lowest BCUT2D eigenvalue weighted by molar-refractivity contribution is -0.384. The second kappa shape index (κ2) is 5.19. The number of aromatic nitrogens is 1. The van der Waals surface area contributed by atoms with Crippen LogP contribution in [0.15, 0.2) is 36.4 Å². The fraction of sp³-hybridized carbons (Fsp3) is 0.0833. The molecule has 19 heavy (non-hydrogen) atoms. The van der Waals surface area contributed by atoms with Gasteiger partial charge in [0.15, 0.2) is 0 Å². The molecule has 1 aromatic heterocycles. The molecule has 1 heterocycles. The average Bonchev–Trinajstić information content (AvgIpc) is 2.37. The van der Waals surface area contributed by atoms with Crippen LogP contribution in [0.4, 0.5) is 21.6 Å². The Hall–Kier alpha value is -2.21. The van der Waals surface area contributed by atoms with Crippen LogP contribution in [-0.2, 0) is 0 Å². The van der Waals surface area contributed by atoms with Crippen molar-refractivity contribution in [2.24, 2.45) is 0 Å². The minimum Gasteiger partial charge on any atom is -0.324 e. The van der Waals surface area contributed by atoms with Crippen molar-refractivity contribution in [1.29, 1.82) is 0 Å². The van der Waals surface area contributed by atoms with Gasteiger partial charge in [-0.2, -0.15) is 0 Å². The SMILES string of the molecule is CN(c1cccc(F)c1)c1nc(Cl)ccc1[N+](=O)[O-]. The standard InChI is InChI=1S/C12H9ClFN3O2/c1-16(9-4-2-3-8(14)7-9)12-10(17(18)19)5-6-11(13)15-12/h2-7H,1H3. The van der Waals surface area contributed by atoms with Crippen LogP contribution in [0.3, 0.4) is 0 Å². The maximum absolute atomic E-state index is 13.2. The number of nitrogens with zero attached hydrogens (tertiary/aromatic N) is 3. The normalized spacial score (nSPS) is 10.3. The zero-order chi connectivity index (χ0) is 14.0. The molecule has 0 aliphatic carbocycles. The third-order valence-electron chi connectivity index (χ3n) is 2.53. The molecule has 0 radical (unpaired) electrons. The van der Waals surface area contributed by atoms with Crippen LogP contribution in [0.25, 0.3) is 0 Å². The van der Waals surface area contributed by atoms with Crippen molar-refractivity contribution >= 4 is 28.8 Å². The molecule has 0 saturated heterocycles. The Morgan fingerprint density at radius 1 is 1.37 bits per heavy atom. The number of benzene rings is 1. The van der Waals surface area contributed by atoms with E-state index in [1.54, 1.807) is 13.1 Å². The summed E-state index contributed by atoms with van der Waals surface area (Å²) in [6.45, 7) is 0. The predicted octanol–water partition coefficient (Wildman–Crippen LogP) is 3.55. The van der Waals surface area contributed by atoms with E-state index in [-0.39, 0.29) is 16.7 Å². The quantitative estimate of drug-likeness (QED) is 0.490. The summed E-state index contributed by atoms with van der Waals surface area (Å²) in [5.74, 6) is -0.378. The lowest BCUT2D eigenvalue weighted by Crippen LogP contribution is -2.13. The summed E-state index contributed by atoms with van der Waals surface area (Å²) in [6.07, 6.45) is 0. The van der Waals surface area contributed by atoms with E-state index in [1.165, 1.54) is 35.2 Å². The van der Waals surface area contributed by atoms with Gasteiger partial charge in [-0.25, -0.2) is 9.37 Å². The Kier molecular flexibility index (Phi) is 3.62. The van der Waals surface area contributed by atoms with Gasteiger partial charge in [-0.15, -0.1) is 0 Å². The van der Waals surface area contributed by atoms with Crippen LogP contribution in [0.2, 0.25) is 5.15 Å². The van der Waals surface area contributed by atoms with E-state index in [0.717, 1.165) is 0 Å². The highest BCUT2D eigenvalue weighted by Crippen LogP contribution is 2.31. The van der Waals surface area contributed by atoms with Gasteiger partial charge in [-0.3, -0.25) is 10.1 Å². The molecule has 2 rings (SSSR count). The molecule has 5 nitrogen and oxygen atoms in total. The van der Waals surface area contributed by atoms with Crippen LogP contribution in [-0.4, -0.2) is 17.0 Å². The van der Waals surface area contributed by atoms with Crippen molar-refractivity contribution < 1.29 is 9.31 Å². The summed E-state index contributed by atoms with van der Waals surface area (Å²) in [5.41, 5.74) is 0.244. The molecule has 7 heteroatoms. The molecule has 0 fully saturated rings. The summed E-state index contributed by atoms with van der Waals surface area (Å²) >= 11 is 5.75. The Morgan fingerprint density at radius 2 is 2.11 bits per heavy atom. The molecule has 0 N–H and O–H groups in total. The van der Waals surface area contributed by atoms with Gasteiger partial charge in [-0.1, -0.05) is 17.7 Å². The number of nitro groups is 1. The number of rotatable bonds is 3. The summed E-state index contributed by atoms with van der Waals surface area (Å²) in [5, 5.41) is 11.1. The number of hydrogen-bond donors (Lipinski definition) is 0. The summed E-state index contributed by atoms with van der Waals surface area (Å²) in [4.78, 5) is 15.7. The first kappa shape index (κ1) is 13.2. The van der Waals surface area contributed by atoms with Crippen LogP contribution < -0.4 is 4.90 Å². The molecule has 0 aliphatic heterocycles. The first-order chi connectivity index (χ1) is 8.99. The molecule has 0 aliphatic rings. The fourth-order valence-electron chi connectivity index (χ4n) is 1.61. The third kappa shape index (κ3) is 2.79. The van der Waals surface area contributed by atoms with Crippen molar-refractivity contribution in [2.45, 2.75) is 0 Å². The van der Waals surface area contributed by atoms with Crippen LogP contribution >= 0.6 is 11.6 Å². The Bertz CT molecular complexity index is 636. The average molecular weight is 282 g/mol. The molecule has 0 spiro atoms. The molecule has 0 saturated carbocycles. The molecule has 0 unspecified atom stereocenters. The van der Waals surface area contributed by atoms with Gasteiger partial charge in [0.1, 0.15) is 11.0 Å². The number of hydrogen-bond acceptors (Lipinski definition) is 4. The maximum Gasteiger partial charge on any atom is 0.312 e. The van der Waals surface area contributed by atoms with E-state index in [2.05, 4.69) is 4.98 Å². The minimum absolute atomic E-state index is 0.0584. The van der Waals surface area contributed by atoms with E-state index in [1.807, 2.05) is 0 Å². The van der Waals surface area contributed by atoms with E-state index < -0.39 is 10.7 Å². The molecule has 1 aromatic carbocycles. The highest BCUT2D eigenvalue weighted by Gasteiger charge is 2.20. The lowest BCUT2D eigenvalue weighted by Gasteiger charge is -2.18. The maximum atomic E-state index is 13.2. The summed E-state index contributed by atoms with van der Waals surface area (Å²) in [6, 6.07) is 8.28. The summed E-state index contributed by atoms with van der Waals surface area (Å²) in [7, 11) is 1.56. The molecular formula is C12H9ClFN3O2. The second-order valence-corrected chi connectivity index (χ2v) is 4.16. The first-order valence-electron chi connectivity index (χ1n) is 5.29. The van der Waals surface area contributed by atoms with Crippen molar-refractivity contribution in [2.75, 3.05) is 11.9 Å².